The van der Waals surface area contributed by atoms with E-state index in [-0.39, 0.29) is 30.7 Å². The van der Waals surface area contributed by atoms with Crippen molar-refractivity contribution < 1.29 is 27.1 Å². The van der Waals surface area contributed by atoms with Gasteiger partial charge in [-0.15, -0.1) is 0 Å². The van der Waals surface area contributed by atoms with Crippen molar-refractivity contribution in [2.24, 2.45) is 13.0 Å². The summed E-state index contributed by atoms with van der Waals surface area (Å²) >= 11 is 0. The van der Waals surface area contributed by atoms with Gasteiger partial charge in [0.15, 0.2) is 0 Å². The molecule has 12 heteroatoms. The molecule has 2 N–H and O–H groups in total. The van der Waals surface area contributed by atoms with Gasteiger partial charge in [-0.3, -0.25) is 9.69 Å². The fourth-order valence-electron chi connectivity index (χ4n) is 4.92. The van der Waals surface area contributed by atoms with E-state index in [1.165, 1.54) is 17.2 Å². The predicted molar refractivity (Wildman–Crippen MR) is 148 cm³/mol. The van der Waals surface area contributed by atoms with E-state index in [0.717, 1.165) is 11.2 Å². The Bertz CT molecular complexity index is 1550. The zero-order valence-corrected chi connectivity index (χ0v) is 22.6. The van der Waals surface area contributed by atoms with E-state index >= 15 is 0 Å². The van der Waals surface area contributed by atoms with Crippen LogP contribution in [0.5, 0.6) is 11.5 Å². The largest absolute Gasteiger partial charge is 0.457 e. The molecule has 4 aromatic rings. The van der Waals surface area contributed by atoms with E-state index < -0.39 is 12.7 Å². The quantitative estimate of drug-likeness (QED) is 0.238. The number of likely N-dealkylation sites (tertiary alicyclic amines) is 1. The summed E-state index contributed by atoms with van der Waals surface area (Å²) in [6.07, 6.45) is -1.47. The molecule has 0 aliphatic carbocycles. The van der Waals surface area contributed by atoms with E-state index in [1.807, 2.05) is 24.6 Å². The summed E-state index contributed by atoms with van der Waals surface area (Å²) in [5.41, 5.74) is 2.89. The molecule has 1 saturated heterocycles. The Kier molecular flexibility index (Phi) is 8.11. The number of ether oxygens (including phenoxy) is 1. The van der Waals surface area contributed by atoms with Crippen LogP contribution in [-0.2, 0) is 18.3 Å². The Balaban J connectivity index is 1.23. The normalized spacial score (nSPS) is 14.8. The van der Waals surface area contributed by atoms with Crippen LogP contribution in [0, 0.1) is 11.7 Å². The van der Waals surface area contributed by atoms with Crippen molar-refractivity contribution in [3.05, 3.63) is 66.1 Å². The van der Waals surface area contributed by atoms with E-state index in [2.05, 4.69) is 20.6 Å². The standard InChI is InChI=1S/C29H30F4N6O2/c1-3-18-14-20(4-6-23(18)30)35-28-36-24-15-21(5-7-25(24)38(28)2)41-22-8-11-34-26(16-22)37-27(40)19-9-12-39(13-10-19)17-29(31,32)33/h4-8,11,14-16,19H,3,9-10,12-13,17H2,1-2H3,(H,35,36)(H,34,37,40). The number of aryl methyl sites for hydroxylation is 2. The number of pyridine rings is 1. The Morgan fingerprint density at radius 1 is 1.07 bits per heavy atom. The lowest BCUT2D eigenvalue weighted by atomic mass is 9.96. The lowest BCUT2D eigenvalue weighted by molar-refractivity contribution is -0.149. The second-order valence-corrected chi connectivity index (χ2v) is 10.1. The van der Waals surface area contributed by atoms with Crippen LogP contribution in [0.1, 0.15) is 25.3 Å². The molecule has 0 saturated carbocycles. The molecule has 1 aliphatic heterocycles. The number of alkyl halides is 3. The first kappa shape index (κ1) is 28.3. The molecule has 1 amide bonds. The molecule has 2 aromatic carbocycles. The minimum Gasteiger partial charge on any atom is -0.457 e. The van der Waals surface area contributed by atoms with E-state index in [1.54, 1.807) is 36.4 Å². The average molecular weight is 571 g/mol. The number of fused-ring (bicyclic) bond motifs is 1. The molecule has 0 bridgehead atoms. The number of carbonyl (C=O) groups is 1. The lowest BCUT2D eigenvalue weighted by Crippen LogP contribution is -2.42. The molecule has 3 heterocycles. The molecule has 1 aliphatic rings. The maximum absolute atomic E-state index is 13.9. The molecular formula is C29H30F4N6O2. The molecule has 0 unspecified atom stereocenters. The highest BCUT2D eigenvalue weighted by atomic mass is 19.4. The maximum Gasteiger partial charge on any atom is 0.401 e. The molecule has 216 valence electrons. The molecule has 41 heavy (non-hydrogen) atoms. The monoisotopic (exact) mass is 570 g/mol. The third-order valence-corrected chi connectivity index (χ3v) is 7.11. The highest BCUT2D eigenvalue weighted by Gasteiger charge is 2.34. The summed E-state index contributed by atoms with van der Waals surface area (Å²) in [4.78, 5) is 22.9. The summed E-state index contributed by atoms with van der Waals surface area (Å²) < 4.78 is 59.7. The fraction of sp³-hybridized carbons (Fsp3) is 0.345. The number of piperidine rings is 1. The zero-order valence-electron chi connectivity index (χ0n) is 22.6. The lowest BCUT2D eigenvalue weighted by Gasteiger charge is -2.31. The van der Waals surface area contributed by atoms with Crippen molar-refractivity contribution in [2.75, 3.05) is 30.3 Å². The van der Waals surface area contributed by atoms with Gasteiger partial charge in [-0.2, -0.15) is 13.2 Å². The van der Waals surface area contributed by atoms with Crippen molar-refractivity contribution in [3.8, 4) is 11.5 Å². The number of rotatable bonds is 8. The molecule has 1 fully saturated rings. The molecule has 0 atom stereocenters. The molecule has 2 aromatic heterocycles. The number of amides is 1. The van der Waals surface area contributed by atoms with Crippen LogP contribution in [0.3, 0.4) is 0 Å². The average Bonchev–Trinajstić information content (AvgIpc) is 3.23. The van der Waals surface area contributed by atoms with Crippen LogP contribution >= 0.6 is 0 Å². The van der Waals surface area contributed by atoms with Gasteiger partial charge < -0.3 is 19.9 Å². The molecule has 5 rings (SSSR count). The number of carbonyl (C=O) groups excluding carboxylic acids is 1. The van der Waals surface area contributed by atoms with Gasteiger partial charge in [0.25, 0.3) is 0 Å². The third-order valence-electron chi connectivity index (χ3n) is 7.11. The number of halogens is 4. The molecule has 0 spiro atoms. The Labute approximate surface area is 234 Å². The first-order valence-electron chi connectivity index (χ1n) is 13.3. The molecule has 8 nitrogen and oxygen atoms in total. The number of anilines is 3. The fourth-order valence-corrected chi connectivity index (χ4v) is 4.92. The third kappa shape index (κ3) is 6.94. The number of benzene rings is 2. The van der Waals surface area contributed by atoms with Gasteiger partial charge in [0.1, 0.15) is 23.1 Å². The highest BCUT2D eigenvalue weighted by molar-refractivity contribution is 5.92. The minimum absolute atomic E-state index is 0.213. The second-order valence-electron chi connectivity index (χ2n) is 10.1. The van der Waals surface area contributed by atoms with Crippen molar-refractivity contribution >= 4 is 34.4 Å². The van der Waals surface area contributed by atoms with Gasteiger partial charge >= 0.3 is 6.18 Å². The number of aromatic nitrogens is 3. The van der Waals surface area contributed by atoms with Gasteiger partial charge in [0.05, 0.1) is 17.6 Å². The van der Waals surface area contributed by atoms with Crippen LogP contribution in [0.25, 0.3) is 11.0 Å². The summed E-state index contributed by atoms with van der Waals surface area (Å²) in [5.74, 6) is 0.950. The Hall–Kier alpha value is -4.19. The maximum atomic E-state index is 13.9. The van der Waals surface area contributed by atoms with Crippen LogP contribution in [0.4, 0.5) is 35.0 Å². The summed E-state index contributed by atoms with van der Waals surface area (Å²) in [6.45, 7) is 1.36. The van der Waals surface area contributed by atoms with Crippen molar-refractivity contribution in [3.63, 3.8) is 0 Å². The van der Waals surface area contributed by atoms with E-state index in [0.29, 0.717) is 53.6 Å². The van der Waals surface area contributed by atoms with Crippen LogP contribution in [-0.4, -0.2) is 51.2 Å². The molecule has 0 radical (unpaired) electrons. The van der Waals surface area contributed by atoms with Crippen molar-refractivity contribution in [1.29, 1.82) is 0 Å². The zero-order chi connectivity index (χ0) is 29.1. The summed E-state index contributed by atoms with van der Waals surface area (Å²) in [5, 5.41) is 6.00. The van der Waals surface area contributed by atoms with E-state index in [9.17, 15) is 22.4 Å². The SMILES string of the molecule is CCc1cc(Nc2nc3cc(Oc4ccnc(NC(=O)C5CCN(CC(F)(F)F)CC5)c4)ccc3n2C)ccc1F. The smallest absolute Gasteiger partial charge is 0.401 e. The topological polar surface area (TPSA) is 84.3 Å². The van der Waals surface area contributed by atoms with Gasteiger partial charge in [-0.05, 0) is 74.3 Å². The predicted octanol–water partition coefficient (Wildman–Crippen LogP) is 6.42. The van der Waals surface area contributed by atoms with Gasteiger partial charge in [0, 0.05) is 37.0 Å². The van der Waals surface area contributed by atoms with Gasteiger partial charge in [0.2, 0.25) is 11.9 Å². The highest BCUT2D eigenvalue weighted by Crippen LogP contribution is 2.30. The second kappa shape index (κ2) is 11.7. The number of nitrogens with one attached hydrogen (secondary N) is 2. The van der Waals surface area contributed by atoms with Crippen molar-refractivity contribution in [1.82, 2.24) is 19.4 Å². The van der Waals surface area contributed by atoms with E-state index in [4.69, 9.17) is 4.74 Å². The number of hydrogen-bond donors (Lipinski definition) is 2. The van der Waals surface area contributed by atoms with Crippen LogP contribution < -0.4 is 15.4 Å². The minimum atomic E-state index is -4.25. The first-order valence-corrected chi connectivity index (χ1v) is 13.3. The van der Waals surface area contributed by atoms with Crippen LogP contribution in [0.2, 0.25) is 0 Å². The number of imidazole rings is 1. The Morgan fingerprint density at radius 3 is 2.56 bits per heavy atom. The summed E-state index contributed by atoms with van der Waals surface area (Å²) in [6, 6.07) is 13.6. The Morgan fingerprint density at radius 2 is 1.83 bits per heavy atom. The van der Waals surface area contributed by atoms with Gasteiger partial charge in [-0.1, -0.05) is 6.92 Å². The van der Waals surface area contributed by atoms with Crippen LogP contribution in [0.15, 0.2) is 54.7 Å². The van der Waals surface area contributed by atoms with Gasteiger partial charge in [-0.25, -0.2) is 14.4 Å². The number of nitrogens with zero attached hydrogens (tertiary/aromatic N) is 4. The summed E-state index contributed by atoms with van der Waals surface area (Å²) in [7, 11) is 1.88. The first-order chi connectivity index (χ1) is 19.6. The molecular weight excluding hydrogens is 540 g/mol. The number of hydrogen-bond acceptors (Lipinski definition) is 6. The van der Waals surface area contributed by atoms with Crippen molar-refractivity contribution in [2.45, 2.75) is 32.4 Å².